The number of nitrogens with zero attached hydrogens (tertiary/aromatic N) is 2. The highest BCUT2D eigenvalue weighted by Gasteiger charge is 2.16. The van der Waals surface area contributed by atoms with Crippen molar-refractivity contribution in [3.05, 3.63) is 64.8 Å². The number of halogens is 1. The molecule has 6 nitrogen and oxygen atoms in total. The Morgan fingerprint density at radius 1 is 1.14 bits per heavy atom. The van der Waals surface area contributed by atoms with E-state index in [1.807, 2.05) is 61.5 Å². The number of thioether (sulfide) groups is 1. The number of fused-ring (bicyclic) bond motifs is 1. The number of carbonyl (C=O) groups excluding carboxylic acids is 1. The molecule has 142 valence electrons. The molecule has 2 heterocycles. The van der Waals surface area contributed by atoms with E-state index in [9.17, 15) is 4.79 Å². The summed E-state index contributed by atoms with van der Waals surface area (Å²) in [6.07, 6.45) is 0. The number of hydrogen-bond acceptors (Lipinski definition) is 6. The Bertz CT molecular complexity index is 1090. The van der Waals surface area contributed by atoms with Crippen molar-refractivity contribution >= 4 is 44.6 Å². The third kappa shape index (κ3) is 4.13. The molecule has 28 heavy (non-hydrogen) atoms. The van der Waals surface area contributed by atoms with Crippen LogP contribution in [-0.2, 0) is 4.79 Å². The second-order valence-corrected chi connectivity index (χ2v) is 7.90. The van der Waals surface area contributed by atoms with Crippen LogP contribution in [0.1, 0.15) is 18.7 Å². The highest BCUT2D eigenvalue weighted by Crippen LogP contribution is 2.29. The number of aromatic nitrogens is 2. The first-order valence-corrected chi connectivity index (χ1v) is 10.4. The summed E-state index contributed by atoms with van der Waals surface area (Å²) in [5.74, 6) is 1.15. The molecular weight excluding hydrogens is 442 g/mol. The molecule has 2 aromatic carbocycles. The predicted octanol–water partition coefficient (Wildman–Crippen LogP) is 5.21. The monoisotopic (exact) mass is 457 g/mol. The number of benzene rings is 2. The fraction of sp³-hybridized carbons (Fsp3) is 0.150. The number of rotatable bonds is 6. The zero-order valence-electron chi connectivity index (χ0n) is 14.9. The van der Waals surface area contributed by atoms with Gasteiger partial charge >= 0.3 is 0 Å². The lowest BCUT2D eigenvalue weighted by Crippen LogP contribution is -2.27. The zero-order chi connectivity index (χ0) is 19.5. The van der Waals surface area contributed by atoms with E-state index in [0.29, 0.717) is 16.9 Å². The second-order valence-electron chi connectivity index (χ2n) is 6.12. The van der Waals surface area contributed by atoms with Crippen LogP contribution >= 0.6 is 27.7 Å². The highest BCUT2D eigenvalue weighted by atomic mass is 79.9. The van der Waals surface area contributed by atoms with E-state index < -0.39 is 0 Å². The van der Waals surface area contributed by atoms with E-state index in [4.69, 9.17) is 8.83 Å². The lowest BCUT2D eigenvalue weighted by atomic mass is 10.2. The molecule has 0 saturated carbocycles. The average Bonchev–Trinajstić information content (AvgIpc) is 3.34. The van der Waals surface area contributed by atoms with Crippen LogP contribution in [0.2, 0.25) is 0 Å². The van der Waals surface area contributed by atoms with Crippen LogP contribution in [0.4, 0.5) is 0 Å². The van der Waals surface area contributed by atoms with Crippen molar-refractivity contribution in [1.82, 2.24) is 15.5 Å². The van der Waals surface area contributed by atoms with Crippen molar-refractivity contribution in [2.24, 2.45) is 0 Å². The Balaban J connectivity index is 1.35. The van der Waals surface area contributed by atoms with E-state index in [-0.39, 0.29) is 17.7 Å². The minimum Gasteiger partial charge on any atom is -0.459 e. The van der Waals surface area contributed by atoms with Gasteiger partial charge in [-0.05, 0) is 47.1 Å². The number of carbonyl (C=O) groups is 1. The molecule has 1 amide bonds. The number of amides is 1. The molecule has 4 aromatic rings. The Hall–Kier alpha value is -2.58. The number of para-hydroxylation sites is 1. The Kier molecular flexibility index (Phi) is 5.50. The van der Waals surface area contributed by atoms with Crippen molar-refractivity contribution in [3.8, 4) is 11.5 Å². The molecule has 1 N–H and O–H groups in total. The van der Waals surface area contributed by atoms with Crippen LogP contribution in [0.5, 0.6) is 0 Å². The number of hydrogen-bond donors (Lipinski definition) is 1. The van der Waals surface area contributed by atoms with Gasteiger partial charge in [0.05, 0.1) is 17.4 Å². The minimum atomic E-state index is -0.237. The number of nitrogens with one attached hydrogen (secondary N) is 1. The summed E-state index contributed by atoms with van der Waals surface area (Å²) >= 11 is 4.65. The third-order valence-corrected chi connectivity index (χ3v) is 5.60. The summed E-state index contributed by atoms with van der Waals surface area (Å²) in [6, 6.07) is 17.0. The molecule has 0 aliphatic carbocycles. The topological polar surface area (TPSA) is 81.2 Å². The van der Waals surface area contributed by atoms with Crippen LogP contribution in [0.25, 0.3) is 22.4 Å². The van der Waals surface area contributed by atoms with Crippen molar-refractivity contribution in [2.45, 2.75) is 18.2 Å². The van der Waals surface area contributed by atoms with E-state index in [1.165, 1.54) is 11.8 Å². The summed E-state index contributed by atoms with van der Waals surface area (Å²) in [4.78, 5) is 12.3. The molecule has 4 rings (SSSR count). The van der Waals surface area contributed by atoms with Crippen molar-refractivity contribution in [3.63, 3.8) is 0 Å². The molecule has 0 spiro atoms. The lowest BCUT2D eigenvalue weighted by molar-refractivity contribution is -0.119. The summed E-state index contributed by atoms with van der Waals surface area (Å²) in [6.45, 7) is 1.89. The maximum Gasteiger partial charge on any atom is 0.277 e. The molecule has 2 aromatic heterocycles. The van der Waals surface area contributed by atoms with E-state index >= 15 is 0 Å². The fourth-order valence-electron chi connectivity index (χ4n) is 2.71. The van der Waals surface area contributed by atoms with E-state index in [2.05, 4.69) is 31.4 Å². The Labute approximate surface area is 173 Å². The molecule has 8 heteroatoms. The van der Waals surface area contributed by atoms with Crippen molar-refractivity contribution in [1.29, 1.82) is 0 Å². The minimum absolute atomic E-state index is 0.140. The first-order valence-electron chi connectivity index (χ1n) is 8.59. The molecule has 0 aliphatic heterocycles. The predicted molar refractivity (Wildman–Crippen MR) is 111 cm³/mol. The van der Waals surface area contributed by atoms with Crippen LogP contribution in [0, 0.1) is 0 Å². The molecule has 0 aliphatic rings. The van der Waals surface area contributed by atoms with Crippen LogP contribution in [0.15, 0.2) is 73.1 Å². The Morgan fingerprint density at radius 2 is 1.93 bits per heavy atom. The van der Waals surface area contributed by atoms with Gasteiger partial charge in [0.2, 0.25) is 11.8 Å². The summed E-state index contributed by atoms with van der Waals surface area (Å²) in [5.41, 5.74) is 1.61. The molecular formula is C20H16BrN3O3S. The SMILES string of the molecule is CC(NC(=O)CSc1nnc(-c2ccccc2Br)o1)c1cc2ccccc2o1. The van der Waals surface area contributed by atoms with E-state index in [0.717, 1.165) is 21.0 Å². The Morgan fingerprint density at radius 3 is 2.75 bits per heavy atom. The molecule has 0 saturated heterocycles. The maximum atomic E-state index is 12.3. The zero-order valence-corrected chi connectivity index (χ0v) is 17.3. The highest BCUT2D eigenvalue weighted by molar-refractivity contribution is 9.10. The third-order valence-electron chi connectivity index (χ3n) is 4.09. The van der Waals surface area contributed by atoms with Gasteiger partial charge in [-0.25, -0.2) is 0 Å². The molecule has 1 atom stereocenters. The van der Waals surface area contributed by atoms with Gasteiger partial charge in [-0.15, -0.1) is 10.2 Å². The summed E-state index contributed by atoms with van der Waals surface area (Å²) in [7, 11) is 0. The summed E-state index contributed by atoms with van der Waals surface area (Å²) < 4.78 is 12.3. The summed E-state index contributed by atoms with van der Waals surface area (Å²) in [5, 5.41) is 12.3. The van der Waals surface area contributed by atoms with Gasteiger partial charge < -0.3 is 14.2 Å². The first-order chi connectivity index (χ1) is 13.6. The van der Waals surface area contributed by atoms with Gasteiger partial charge in [0, 0.05) is 9.86 Å². The normalized spacial score (nSPS) is 12.2. The van der Waals surface area contributed by atoms with Gasteiger partial charge in [-0.2, -0.15) is 0 Å². The van der Waals surface area contributed by atoms with Gasteiger partial charge in [0.25, 0.3) is 5.22 Å². The van der Waals surface area contributed by atoms with Gasteiger partial charge in [0.15, 0.2) is 0 Å². The molecule has 0 radical (unpaired) electrons. The van der Waals surface area contributed by atoms with Crippen molar-refractivity contribution in [2.75, 3.05) is 5.75 Å². The lowest BCUT2D eigenvalue weighted by Gasteiger charge is -2.10. The number of furan rings is 1. The fourth-order valence-corrected chi connectivity index (χ4v) is 3.74. The van der Waals surface area contributed by atoms with E-state index in [1.54, 1.807) is 0 Å². The first kappa shape index (κ1) is 18.8. The quantitative estimate of drug-likeness (QED) is 0.400. The van der Waals surface area contributed by atoms with Gasteiger partial charge in [-0.1, -0.05) is 42.1 Å². The van der Waals surface area contributed by atoms with Gasteiger partial charge in [-0.3, -0.25) is 4.79 Å². The van der Waals surface area contributed by atoms with Crippen LogP contribution < -0.4 is 5.32 Å². The van der Waals surface area contributed by atoms with Crippen LogP contribution in [-0.4, -0.2) is 21.9 Å². The largest absolute Gasteiger partial charge is 0.459 e. The molecule has 0 fully saturated rings. The molecule has 0 bridgehead atoms. The van der Waals surface area contributed by atoms with Crippen molar-refractivity contribution < 1.29 is 13.6 Å². The average molecular weight is 458 g/mol. The smallest absolute Gasteiger partial charge is 0.277 e. The molecule has 1 unspecified atom stereocenters. The van der Waals surface area contributed by atoms with Crippen LogP contribution in [0.3, 0.4) is 0 Å². The second kappa shape index (κ2) is 8.20. The standard InChI is InChI=1S/C20H16BrN3O3S/c1-12(17-10-13-6-2-5-9-16(13)26-17)22-18(25)11-28-20-24-23-19(27-20)14-7-3-4-8-15(14)21/h2-10,12H,11H2,1H3,(H,22,25). The van der Waals surface area contributed by atoms with Gasteiger partial charge in [0.1, 0.15) is 11.3 Å². The maximum absolute atomic E-state index is 12.3.